The lowest BCUT2D eigenvalue weighted by Crippen LogP contribution is -2.51. The SMILES string of the molecule is CO[C@@H]1C[C@@H](C(=O)N2CCOCC2)CC[C@H]1NC(=O)c1cnn(C)c1C. The Balaban J connectivity index is 1.60. The van der Waals surface area contributed by atoms with E-state index in [2.05, 4.69) is 10.4 Å². The minimum absolute atomic E-state index is 0.0497. The molecule has 2 amide bonds. The van der Waals surface area contributed by atoms with Crippen LogP contribution in [0.15, 0.2) is 6.20 Å². The number of carbonyl (C=O) groups excluding carboxylic acids is 2. The molecular weight excluding hydrogens is 336 g/mol. The van der Waals surface area contributed by atoms with Gasteiger partial charge in [-0.05, 0) is 26.2 Å². The second-order valence-electron chi connectivity index (χ2n) is 7.07. The molecule has 8 nitrogen and oxygen atoms in total. The first-order valence-electron chi connectivity index (χ1n) is 9.20. The van der Waals surface area contributed by atoms with Crippen LogP contribution in [0.25, 0.3) is 0 Å². The van der Waals surface area contributed by atoms with E-state index >= 15 is 0 Å². The first kappa shape index (κ1) is 18.8. The molecule has 8 heteroatoms. The fraction of sp³-hybridized carbons (Fsp3) is 0.722. The van der Waals surface area contributed by atoms with Crippen LogP contribution < -0.4 is 5.32 Å². The summed E-state index contributed by atoms with van der Waals surface area (Å²) in [7, 11) is 3.45. The van der Waals surface area contributed by atoms with Crippen molar-refractivity contribution in [2.45, 2.75) is 38.3 Å². The van der Waals surface area contributed by atoms with Crippen LogP contribution in [0.4, 0.5) is 0 Å². The van der Waals surface area contributed by atoms with Crippen LogP contribution >= 0.6 is 0 Å². The van der Waals surface area contributed by atoms with Gasteiger partial charge in [0.15, 0.2) is 0 Å². The van der Waals surface area contributed by atoms with Gasteiger partial charge in [-0.1, -0.05) is 0 Å². The van der Waals surface area contributed by atoms with E-state index in [0.29, 0.717) is 38.3 Å². The number of nitrogens with zero attached hydrogens (tertiary/aromatic N) is 3. The molecule has 0 bridgehead atoms. The molecular formula is C18H28N4O4. The third-order valence-electron chi connectivity index (χ3n) is 5.56. The van der Waals surface area contributed by atoms with Crippen LogP contribution in [0.1, 0.15) is 35.3 Å². The highest BCUT2D eigenvalue weighted by Gasteiger charge is 2.37. The zero-order chi connectivity index (χ0) is 18.7. The highest BCUT2D eigenvalue weighted by molar-refractivity contribution is 5.95. The summed E-state index contributed by atoms with van der Waals surface area (Å²) in [6.07, 6.45) is 3.53. The molecule has 26 heavy (non-hydrogen) atoms. The average molecular weight is 364 g/mol. The maximum Gasteiger partial charge on any atom is 0.255 e. The van der Waals surface area contributed by atoms with Gasteiger partial charge >= 0.3 is 0 Å². The van der Waals surface area contributed by atoms with Crippen molar-refractivity contribution >= 4 is 11.8 Å². The van der Waals surface area contributed by atoms with E-state index in [1.807, 2.05) is 18.9 Å². The molecule has 2 aliphatic rings. The Labute approximate surface area is 153 Å². The van der Waals surface area contributed by atoms with Gasteiger partial charge in [-0.25, -0.2) is 0 Å². The van der Waals surface area contributed by atoms with Crippen molar-refractivity contribution in [1.82, 2.24) is 20.0 Å². The minimum Gasteiger partial charge on any atom is -0.379 e. The first-order valence-corrected chi connectivity index (χ1v) is 9.20. The number of aromatic nitrogens is 2. The number of ether oxygens (including phenoxy) is 2. The lowest BCUT2D eigenvalue weighted by Gasteiger charge is -2.38. The molecule has 2 fully saturated rings. The predicted molar refractivity (Wildman–Crippen MR) is 94.7 cm³/mol. The molecule has 0 spiro atoms. The monoisotopic (exact) mass is 364 g/mol. The van der Waals surface area contributed by atoms with Crippen molar-refractivity contribution < 1.29 is 19.1 Å². The predicted octanol–water partition coefficient (Wildman–Crippen LogP) is 0.501. The fourth-order valence-electron chi connectivity index (χ4n) is 3.79. The standard InChI is InChI=1S/C18H28N4O4/c1-12-14(11-19-21(12)2)17(23)20-15-5-4-13(10-16(15)25-3)18(24)22-6-8-26-9-7-22/h11,13,15-16H,4-10H2,1-3H3,(H,20,23)/t13-,15+,16+/m0/s1. The van der Waals surface area contributed by atoms with E-state index in [4.69, 9.17) is 9.47 Å². The molecule has 3 rings (SSSR count). The number of hydrogen-bond donors (Lipinski definition) is 1. The summed E-state index contributed by atoms with van der Waals surface area (Å²) in [4.78, 5) is 27.2. The van der Waals surface area contributed by atoms with Crippen LogP contribution in [0.3, 0.4) is 0 Å². The van der Waals surface area contributed by atoms with Crippen LogP contribution in [0.2, 0.25) is 0 Å². The molecule has 1 saturated carbocycles. The van der Waals surface area contributed by atoms with Crippen molar-refractivity contribution in [3.05, 3.63) is 17.5 Å². The molecule has 1 aliphatic heterocycles. The third-order valence-corrected chi connectivity index (χ3v) is 5.56. The number of hydrogen-bond acceptors (Lipinski definition) is 5. The van der Waals surface area contributed by atoms with Gasteiger partial charge in [0.1, 0.15) is 0 Å². The molecule has 0 radical (unpaired) electrons. The molecule has 1 aromatic heterocycles. The summed E-state index contributed by atoms with van der Waals surface area (Å²) >= 11 is 0. The zero-order valence-electron chi connectivity index (χ0n) is 15.7. The second kappa shape index (κ2) is 8.18. The first-order chi connectivity index (χ1) is 12.5. The van der Waals surface area contributed by atoms with Gasteiger partial charge in [-0.3, -0.25) is 14.3 Å². The van der Waals surface area contributed by atoms with Gasteiger partial charge in [0.2, 0.25) is 5.91 Å². The van der Waals surface area contributed by atoms with E-state index in [1.54, 1.807) is 18.0 Å². The van der Waals surface area contributed by atoms with E-state index in [1.165, 1.54) is 0 Å². The van der Waals surface area contributed by atoms with Gasteiger partial charge in [-0.15, -0.1) is 0 Å². The summed E-state index contributed by atoms with van der Waals surface area (Å²) < 4.78 is 12.6. The molecule has 2 heterocycles. The maximum atomic E-state index is 12.7. The molecule has 3 atom stereocenters. The number of morpholine rings is 1. The number of amides is 2. The lowest BCUT2D eigenvalue weighted by atomic mass is 9.82. The average Bonchev–Trinajstić information content (AvgIpc) is 3.01. The lowest BCUT2D eigenvalue weighted by molar-refractivity contribution is -0.142. The Morgan fingerprint density at radius 1 is 1.31 bits per heavy atom. The number of aryl methyl sites for hydroxylation is 1. The summed E-state index contributed by atoms with van der Waals surface area (Å²) in [6, 6.07) is -0.0964. The van der Waals surface area contributed by atoms with Crippen LogP contribution in [-0.2, 0) is 21.3 Å². The van der Waals surface area contributed by atoms with Crippen LogP contribution in [0.5, 0.6) is 0 Å². The topological polar surface area (TPSA) is 85.7 Å². The minimum atomic E-state index is -0.167. The quantitative estimate of drug-likeness (QED) is 0.841. The van der Waals surface area contributed by atoms with Crippen molar-refractivity contribution in [3.63, 3.8) is 0 Å². The summed E-state index contributed by atoms with van der Waals surface area (Å²) in [5.41, 5.74) is 1.40. The smallest absolute Gasteiger partial charge is 0.255 e. The van der Waals surface area contributed by atoms with E-state index in [-0.39, 0.29) is 29.9 Å². The Morgan fingerprint density at radius 2 is 2.04 bits per heavy atom. The third kappa shape index (κ3) is 3.91. The largest absolute Gasteiger partial charge is 0.379 e. The number of methoxy groups -OCH3 is 1. The second-order valence-corrected chi connectivity index (χ2v) is 7.07. The van der Waals surface area contributed by atoms with Gasteiger partial charge in [0.05, 0.1) is 37.1 Å². The van der Waals surface area contributed by atoms with Gasteiger partial charge in [0, 0.05) is 38.9 Å². The van der Waals surface area contributed by atoms with Crippen LogP contribution in [-0.4, -0.2) is 72.1 Å². The fourth-order valence-corrected chi connectivity index (χ4v) is 3.79. The zero-order valence-corrected chi connectivity index (χ0v) is 15.7. The number of carbonyl (C=O) groups is 2. The number of nitrogens with one attached hydrogen (secondary N) is 1. The van der Waals surface area contributed by atoms with E-state index < -0.39 is 0 Å². The Bertz CT molecular complexity index is 654. The Hall–Kier alpha value is -1.93. The molecule has 0 unspecified atom stereocenters. The molecule has 1 N–H and O–H groups in total. The van der Waals surface area contributed by atoms with Gasteiger partial charge in [-0.2, -0.15) is 5.10 Å². The summed E-state index contributed by atoms with van der Waals surface area (Å²) in [6.45, 7) is 4.40. The van der Waals surface area contributed by atoms with Gasteiger partial charge in [0.25, 0.3) is 5.91 Å². The van der Waals surface area contributed by atoms with Crippen molar-refractivity contribution in [2.75, 3.05) is 33.4 Å². The number of rotatable bonds is 4. The van der Waals surface area contributed by atoms with E-state index in [0.717, 1.165) is 18.5 Å². The molecule has 0 aromatic carbocycles. The summed E-state index contributed by atoms with van der Waals surface area (Å²) in [5.74, 6) is -0.00448. The highest BCUT2D eigenvalue weighted by Crippen LogP contribution is 2.29. The van der Waals surface area contributed by atoms with E-state index in [9.17, 15) is 9.59 Å². The molecule has 1 aliphatic carbocycles. The Morgan fingerprint density at radius 3 is 2.65 bits per heavy atom. The Kier molecular flexibility index (Phi) is 5.93. The van der Waals surface area contributed by atoms with Gasteiger partial charge < -0.3 is 19.7 Å². The summed E-state index contributed by atoms with van der Waals surface area (Å²) in [5, 5.41) is 7.19. The normalized spacial score (nSPS) is 26.6. The molecule has 1 saturated heterocycles. The maximum absolute atomic E-state index is 12.7. The molecule has 144 valence electrons. The van der Waals surface area contributed by atoms with Crippen molar-refractivity contribution in [1.29, 1.82) is 0 Å². The van der Waals surface area contributed by atoms with Crippen molar-refractivity contribution in [3.8, 4) is 0 Å². The van der Waals surface area contributed by atoms with Crippen LogP contribution in [0, 0.1) is 12.8 Å². The van der Waals surface area contributed by atoms with Crippen molar-refractivity contribution in [2.24, 2.45) is 13.0 Å². The highest BCUT2D eigenvalue weighted by atomic mass is 16.5. The molecule has 1 aromatic rings.